The Morgan fingerprint density at radius 3 is 2.41 bits per heavy atom. The minimum Gasteiger partial charge on any atom is -0.508 e. The van der Waals surface area contributed by atoms with Crippen LogP contribution < -0.4 is 5.43 Å². The largest absolute Gasteiger partial charge is 0.508 e. The van der Waals surface area contributed by atoms with Gasteiger partial charge in [0.1, 0.15) is 23.3 Å². The number of rotatable bonds is 6. The van der Waals surface area contributed by atoms with E-state index in [1.165, 1.54) is 29.5 Å². The first-order valence-electron chi connectivity index (χ1n) is 9.71. The topological polar surface area (TPSA) is 70.7 Å². The summed E-state index contributed by atoms with van der Waals surface area (Å²) >= 11 is 0. The number of benzene rings is 2. The van der Waals surface area contributed by atoms with Gasteiger partial charge in [-0.2, -0.15) is 0 Å². The molecule has 0 fully saturated rings. The second kappa shape index (κ2) is 8.82. The van der Waals surface area contributed by atoms with Crippen molar-refractivity contribution in [2.75, 3.05) is 0 Å². The molecule has 0 aliphatic rings. The molecule has 3 aromatic rings. The van der Waals surface area contributed by atoms with Crippen molar-refractivity contribution in [3.05, 3.63) is 81.7 Å². The Labute approximate surface area is 170 Å². The Morgan fingerprint density at radius 1 is 1.00 bits per heavy atom. The van der Waals surface area contributed by atoms with Crippen LogP contribution in [0.4, 0.5) is 0 Å². The van der Waals surface area contributed by atoms with Gasteiger partial charge in [0.2, 0.25) is 5.43 Å². The molecule has 2 aromatic carbocycles. The number of allylic oxidation sites excluding steroid dienone is 4. The Morgan fingerprint density at radius 2 is 1.72 bits per heavy atom. The summed E-state index contributed by atoms with van der Waals surface area (Å²) in [5, 5.41) is 20.2. The quantitative estimate of drug-likeness (QED) is 0.498. The van der Waals surface area contributed by atoms with Gasteiger partial charge in [-0.05, 0) is 69.9 Å². The van der Waals surface area contributed by atoms with Crippen molar-refractivity contribution in [3.8, 4) is 22.6 Å². The fourth-order valence-corrected chi connectivity index (χ4v) is 3.25. The highest BCUT2D eigenvalue weighted by Crippen LogP contribution is 2.29. The van der Waals surface area contributed by atoms with E-state index in [4.69, 9.17) is 4.42 Å². The molecule has 0 aliphatic carbocycles. The van der Waals surface area contributed by atoms with Crippen molar-refractivity contribution in [3.63, 3.8) is 0 Å². The number of phenolic OH excluding ortho intramolecular Hbond substituents is 2. The van der Waals surface area contributed by atoms with E-state index in [0.29, 0.717) is 34.1 Å². The molecule has 150 valence electrons. The Hall–Kier alpha value is -3.27. The minimum absolute atomic E-state index is 0.117. The average molecular weight is 390 g/mol. The molecule has 0 radical (unpaired) electrons. The van der Waals surface area contributed by atoms with E-state index in [0.717, 1.165) is 12.8 Å². The van der Waals surface area contributed by atoms with Gasteiger partial charge < -0.3 is 14.6 Å². The number of hydrogen-bond acceptors (Lipinski definition) is 4. The van der Waals surface area contributed by atoms with E-state index in [1.54, 1.807) is 24.3 Å². The molecule has 29 heavy (non-hydrogen) atoms. The third kappa shape index (κ3) is 4.77. The van der Waals surface area contributed by atoms with E-state index >= 15 is 0 Å². The molecule has 1 heterocycles. The molecule has 1 aromatic heterocycles. The molecule has 0 aliphatic heterocycles. The van der Waals surface area contributed by atoms with E-state index < -0.39 is 0 Å². The van der Waals surface area contributed by atoms with Crippen LogP contribution in [0.1, 0.15) is 39.2 Å². The van der Waals surface area contributed by atoms with Crippen LogP contribution >= 0.6 is 0 Å². The Balaban J connectivity index is 1.95. The first-order chi connectivity index (χ1) is 13.9. The maximum absolute atomic E-state index is 13.0. The van der Waals surface area contributed by atoms with E-state index in [9.17, 15) is 15.0 Å². The molecule has 0 atom stereocenters. The maximum atomic E-state index is 13.0. The Kier molecular flexibility index (Phi) is 6.23. The van der Waals surface area contributed by atoms with Crippen molar-refractivity contribution in [1.29, 1.82) is 0 Å². The zero-order valence-corrected chi connectivity index (χ0v) is 17.0. The lowest BCUT2D eigenvalue weighted by Gasteiger charge is -2.09. The normalized spacial score (nSPS) is 11.6. The highest BCUT2D eigenvalue weighted by molar-refractivity contribution is 5.85. The fraction of sp³-hybridized carbons (Fsp3) is 0.240. The molecule has 0 bridgehead atoms. The molecule has 2 N–H and O–H groups in total. The van der Waals surface area contributed by atoms with Gasteiger partial charge in [-0.3, -0.25) is 4.79 Å². The lowest BCUT2D eigenvalue weighted by molar-refractivity contribution is 0.468. The van der Waals surface area contributed by atoms with Gasteiger partial charge in [0.05, 0.1) is 10.9 Å². The lowest BCUT2D eigenvalue weighted by atomic mass is 10.0. The van der Waals surface area contributed by atoms with Crippen LogP contribution in [0.15, 0.2) is 75.2 Å². The van der Waals surface area contributed by atoms with Crippen molar-refractivity contribution >= 4 is 11.0 Å². The highest BCUT2D eigenvalue weighted by atomic mass is 16.3. The zero-order chi connectivity index (χ0) is 21.0. The van der Waals surface area contributed by atoms with Crippen LogP contribution in [-0.4, -0.2) is 10.2 Å². The summed E-state index contributed by atoms with van der Waals surface area (Å²) < 4.78 is 5.80. The first-order valence-corrected chi connectivity index (χ1v) is 9.71. The number of phenols is 2. The average Bonchev–Trinajstić information content (AvgIpc) is 2.68. The van der Waals surface area contributed by atoms with Crippen molar-refractivity contribution in [2.24, 2.45) is 0 Å². The molecule has 0 saturated carbocycles. The summed E-state index contributed by atoms with van der Waals surface area (Å²) in [6, 6.07) is 9.55. The van der Waals surface area contributed by atoms with E-state index in [-0.39, 0.29) is 16.9 Å². The van der Waals surface area contributed by atoms with Gasteiger partial charge in [-0.25, -0.2) is 0 Å². The molecule has 0 spiro atoms. The van der Waals surface area contributed by atoms with Crippen molar-refractivity contribution < 1.29 is 14.6 Å². The molecule has 4 nitrogen and oxygen atoms in total. The number of hydrogen-bond donors (Lipinski definition) is 2. The second-order valence-corrected chi connectivity index (χ2v) is 7.54. The monoisotopic (exact) mass is 390 g/mol. The van der Waals surface area contributed by atoms with E-state index in [1.807, 2.05) is 0 Å². The van der Waals surface area contributed by atoms with E-state index in [2.05, 4.69) is 32.9 Å². The molecule has 0 amide bonds. The predicted molar refractivity (Wildman–Crippen MR) is 117 cm³/mol. The maximum Gasteiger partial charge on any atom is 0.200 e. The number of aromatic hydroxyl groups is 2. The SMILES string of the molecule is CC(C)=CCCC(C)=CCc1c(O)ccc2c(=O)c(-c3ccc(O)cc3)coc12. The Bertz CT molecular complexity index is 1130. The summed E-state index contributed by atoms with van der Waals surface area (Å²) in [7, 11) is 0. The van der Waals surface area contributed by atoms with Gasteiger partial charge in [-0.15, -0.1) is 0 Å². The molecule has 0 unspecified atom stereocenters. The summed E-state index contributed by atoms with van der Waals surface area (Å²) in [5.41, 5.74) is 4.47. The summed E-state index contributed by atoms with van der Waals surface area (Å²) in [6.07, 6.45) is 8.12. The van der Waals surface area contributed by atoms with Crippen LogP contribution in [0.5, 0.6) is 11.5 Å². The van der Waals surface area contributed by atoms with Gasteiger partial charge in [-0.1, -0.05) is 35.4 Å². The number of fused-ring (bicyclic) bond motifs is 1. The summed E-state index contributed by atoms with van der Waals surface area (Å²) in [4.78, 5) is 13.0. The molecule has 3 rings (SSSR count). The molecular weight excluding hydrogens is 364 g/mol. The van der Waals surface area contributed by atoms with Crippen LogP contribution in [0.25, 0.3) is 22.1 Å². The van der Waals surface area contributed by atoms with Gasteiger partial charge >= 0.3 is 0 Å². The van der Waals surface area contributed by atoms with Crippen LogP contribution in [0.3, 0.4) is 0 Å². The predicted octanol–water partition coefficient (Wildman–Crippen LogP) is 6.11. The van der Waals surface area contributed by atoms with Gasteiger partial charge in [0.25, 0.3) is 0 Å². The van der Waals surface area contributed by atoms with Gasteiger partial charge in [0.15, 0.2) is 0 Å². The zero-order valence-electron chi connectivity index (χ0n) is 17.0. The van der Waals surface area contributed by atoms with Crippen LogP contribution in [0, 0.1) is 0 Å². The van der Waals surface area contributed by atoms with Gasteiger partial charge in [0, 0.05) is 5.56 Å². The minimum atomic E-state index is -0.164. The lowest BCUT2D eigenvalue weighted by Crippen LogP contribution is -2.06. The van der Waals surface area contributed by atoms with Crippen LogP contribution in [-0.2, 0) is 6.42 Å². The molecular formula is C25H26O4. The molecule has 4 heteroatoms. The molecule has 0 saturated heterocycles. The highest BCUT2D eigenvalue weighted by Gasteiger charge is 2.14. The summed E-state index contributed by atoms with van der Waals surface area (Å²) in [5.74, 6) is 0.254. The second-order valence-electron chi connectivity index (χ2n) is 7.54. The van der Waals surface area contributed by atoms with Crippen LogP contribution in [0.2, 0.25) is 0 Å². The smallest absolute Gasteiger partial charge is 0.200 e. The third-order valence-electron chi connectivity index (χ3n) is 4.94. The third-order valence-corrected chi connectivity index (χ3v) is 4.94. The van der Waals surface area contributed by atoms with Crippen molar-refractivity contribution in [1.82, 2.24) is 0 Å². The van der Waals surface area contributed by atoms with Crippen molar-refractivity contribution in [2.45, 2.75) is 40.0 Å². The standard InChI is InChI=1S/C25H26O4/c1-16(2)5-4-6-17(3)7-12-20-23(27)14-13-21-24(28)22(15-29-25(20)21)18-8-10-19(26)11-9-18/h5,7-11,13-15,26-27H,4,6,12H2,1-3H3. The fourth-order valence-electron chi connectivity index (χ4n) is 3.25. The first kappa shape index (κ1) is 20.5. The summed E-state index contributed by atoms with van der Waals surface area (Å²) in [6.45, 7) is 6.24.